The maximum atomic E-state index is 15.0. The molecular formula is C38H29FN4O2. The van der Waals surface area contributed by atoms with Crippen molar-refractivity contribution in [1.29, 1.82) is 0 Å². The number of halogens is 1. The van der Waals surface area contributed by atoms with Crippen molar-refractivity contribution in [3.63, 3.8) is 0 Å². The molecule has 0 aliphatic heterocycles. The Balaban J connectivity index is 1.35. The summed E-state index contributed by atoms with van der Waals surface area (Å²) >= 11 is 0. The number of benzene rings is 4. The van der Waals surface area contributed by atoms with Crippen molar-refractivity contribution in [2.45, 2.75) is 12.5 Å². The van der Waals surface area contributed by atoms with Crippen LogP contribution in [0.2, 0.25) is 0 Å². The molecule has 0 saturated carbocycles. The van der Waals surface area contributed by atoms with Gasteiger partial charge >= 0.3 is 5.97 Å². The van der Waals surface area contributed by atoms with Gasteiger partial charge < -0.3 is 4.74 Å². The van der Waals surface area contributed by atoms with Crippen molar-refractivity contribution in [2.24, 2.45) is 0 Å². The van der Waals surface area contributed by atoms with Crippen LogP contribution in [0.15, 0.2) is 146 Å². The minimum Gasteiger partial charge on any atom is -0.462 e. The number of aromatic nitrogens is 4. The van der Waals surface area contributed by atoms with Crippen LogP contribution in [-0.4, -0.2) is 31.7 Å². The van der Waals surface area contributed by atoms with Gasteiger partial charge in [-0.25, -0.2) is 14.2 Å². The van der Waals surface area contributed by atoms with Gasteiger partial charge in [0.05, 0.1) is 30.3 Å². The van der Waals surface area contributed by atoms with Gasteiger partial charge in [-0.05, 0) is 47.9 Å². The molecular weight excluding hydrogens is 563 g/mol. The summed E-state index contributed by atoms with van der Waals surface area (Å²) in [6, 6.07) is 39.6. The van der Waals surface area contributed by atoms with Crippen molar-refractivity contribution >= 4 is 11.6 Å². The van der Waals surface area contributed by atoms with Crippen LogP contribution in [0.3, 0.4) is 0 Å². The zero-order valence-electron chi connectivity index (χ0n) is 24.5. The van der Waals surface area contributed by atoms with E-state index in [2.05, 4.69) is 84.0 Å². The van der Waals surface area contributed by atoms with Gasteiger partial charge in [0.2, 0.25) is 0 Å². The minimum absolute atomic E-state index is 0.0961. The summed E-state index contributed by atoms with van der Waals surface area (Å²) in [6.45, 7) is 1.87. The van der Waals surface area contributed by atoms with E-state index >= 15 is 0 Å². The maximum Gasteiger partial charge on any atom is 0.341 e. The van der Waals surface area contributed by atoms with Gasteiger partial charge in [-0.2, -0.15) is 5.10 Å². The van der Waals surface area contributed by atoms with Crippen molar-refractivity contribution in [3.8, 4) is 22.4 Å². The monoisotopic (exact) mass is 592 g/mol. The average molecular weight is 593 g/mol. The van der Waals surface area contributed by atoms with Crippen LogP contribution in [-0.2, 0) is 10.3 Å². The largest absolute Gasteiger partial charge is 0.462 e. The number of rotatable bonds is 8. The number of nitrogens with zero attached hydrogens (tertiary/aromatic N) is 4. The molecule has 220 valence electrons. The zero-order valence-corrected chi connectivity index (χ0v) is 24.5. The Hall–Kier alpha value is -5.82. The molecule has 0 atom stereocenters. The normalized spacial score (nSPS) is 11.5. The molecule has 0 spiro atoms. The molecule has 0 radical (unpaired) electrons. The second kappa shape index (κ2) is 11.7. The van der Waals surface area contributed by atoms with Gasteiger partial charge in [0.25, 0.3) is 0 Å². The van der Waals surface area contributed by atoms with Gasteiger partial charge in [-0.1, -0.05) is 97.1 Å². The van der Waals surface area contributed by atoms with Crippen molar-refractivity contribution < 1.29 is 13.9 Å². The Morgan fingerprint density at radius 2 is 1.33 bits per heavy atom. The first kappa shape index (κ1) is 28.0. The number of carbonyl (C=O) groups excluding carboxylic acids is 1. The van der Waals surface area contributed by atoms with E-state index in [1.165, 1.54) is 12.1 Å². The number of carbonyl (C=O) groups is 1. The molecule has 3 aromatic heterocycles. The molecule has 7 rings (SSSR count). The number of hydrogen-bond acceptors (Lipinski definition) is 4. The number of fused-ring (bicyclic) bond motifs is 1. The van der Waals surface area contributed by atoms with E-state index < -0.39 is 17.3 Å². The molecule has 7 heteroatoms. The summed E-state index contributed by atoms with van der Waals surface area (Å²) in [5.41, 5.74) is 6.24. The van der Waals surface area contributed by atoms with E-state index in [0.717, 1.165) is 27.8 Å². The predicted molar refractivity (Wildman–Crippen MR) is 172 cm³/mol. The van der Waals surface area contributed by atoms with Gasteiger partial charge in [0.15, 0.2) is 0 Å². The molecule has 0 aliphatic carbocycles. The quantitative estimate of drug-likeness (QED) is 0.132. The van der Waals surface area contributed by atoms with Crippen LogP contribution in [0.5, 0.6) is 0 Å². The van der Waals surface area contributed by atoms with Gasteiger partial charge in [0.1, 0.15) is 17.0 Å². The minimum atomic E-state index is -0.732. The Morgan fingerprint density at radius 1 is 0.733 bits per heavy atom. The number of imidazole rings is 1. The molecule has 0 saturated heterocycles. The van der Waals surface area contributed by atoms with Crippen LogP contribution in [0.25, 0.3) is 28.0 Å². The van der Waals surface area contributed by atoms with Gasteiger partial charge in [-0.3, -0.25) is 9.08 Å². The summed E-state index contributed by atoms with van der Waals surface area (Å²) in [7, 11) is 0. The lowest BCUT2D eigenvalue weighted by atomic mass is 9.77. The molecule has 0 amide bonds. The smallest absolute Gasteiger partial charge is 0.341 e. The van der Waals surface area contributed by atoms with E-state index in [-0.39, 0.29) is 12.2 Å². The lowest BCUT2D eigenvalue weighted by Gasteiger charge is -2.36. The zero-order chi connectivity index (χ0) is 30.8. The fraction of sp³-hybridized carbons (Fsp3) is 0.0789. The highest BCUT2D eigenvalue weighted by molar-refractivity contribution is 5.90. The Bertz CT molecular complexity index is 2010. The highest BCUT2D eigenvalue weighted by Crippen LogP contribution is 2.41. The summed E-state index contributed by atoms with van der Waals surface area (Å²) in [5.74, 6) is -1.33. The van der Waals surface area contributed by atoms with Crippen LogP contribution >= 0.6 is 0 Å². The lowest BCUT2D eigenvalue weighted by Crippen LogP contribution is -2.38. The van der Waals surface area contributed by atoms with Crippen LogP contribution in [0.4, 0.5) is 4.39 Å². The first-order valence-corrected chi connectivity index (χ1v) is 14.8. The predicted octanol–water partition coefficient (Wildman–Crippen LogP) is 8.02. The molecule has 4 aromatic carbocycles. The second-order valence-corrected chi connectivity index (χ2v) is 10.7. The van der Waals surface area contributed by atoms with Crippen molar-refractivity contribution in [1.82, 2.24) is 19.2 Å². The maximum absolute atomic E-state index is 15.0. The van der Waals surface area contributed by atoms with Crippen LogP contribution in [0.1, 0.15) is 34.0 Å². The number of pyridine rings is 1. The third-order valence-electron chi connectivity index (χ3n) is 8.10. The number of esters is 1. The first-order valence-electron chi connectivity index (χ1n) is 14.8. The summed E-state index contributed by atoms with van der Waals surface area (Å²) in [5, 5.41) is 4.99. The third-order valence-corrected chi connectivity index (χ3v) is 8.10. The number of ether oxygens (including phenoxy) is 1. The molecule has 6 nitrogen and oxygen atoms in total. The first-order chi connectivity index (χ1) is 22.1. The third kappa shape index (κ3) is 4.88. The van der Waals surface area contributed by atoms with E-state index in [4.69, 9.17) is 9.84 Å². The van der Waals surface area contributed by atoms with Crippen LogP contribution in [0, 0.1) is 5.82 Å². The standard InChI is InChI=1S/C38H29FN4O2/c1-2-45-37(44)33-20-18-27(22-34(33)39)35-24-40-36-21-19-28(25-42(35)36)29-23-41-43(26-29)38(30-12-6-3-7-13-30,31-14-8-4-9-15-31)32-16-10-5-11-17-32/h3-26H,2H2,1H3. The summed E-state index contributed by atoms with van der Waals surface area (Å²) < 4.78 is 23.9. The number of hydrogen-bond donors (Lipinski definition) is 0. The van der Waals surface area contributed by atoms with E-state index in [0.29, 0.717) is 16.9 Å². The highest BCUT2D eigenvalue weighted by atomic mass is 19.1. The van der Waals surface area contributed by atoms with Crippen molar-refractivity contribution in [3.05, 3.63) is 174 Å². The Morgan fingerprint density at radius 3 is 1.91 bits per heavy atom. The van der Waals surface area contributed by atoms with Gasteiger partial charge in [-0.15, -0.1) is 0 Å². The van der Waals surface area contributed by atoms with E-state index in [9.17, 15) is 9.18 Å². The topological polar surface area (TPSA) is 61.4 Å². The Kier molecular flexibility index (Phi) is 7.27. The fourth-order valence-electron chi connectivity index (χ4n) is 6.00. The molecule has 0 unspecified atom stereocenters. The second-order valence-electron chi connectivity index (χ2n) is 10.7. The Labute approximate surface area is 260 Å². The van der Waals surface area contributed by atoms with Crippen molar-refractivity contribution in [2.75, 3.05) is 6.61 Å². The summed E-state index contributed by atoms with van der Waals surface area (Å²) in [6.07, 6.45) is 7.62. The SMILES string of the molecule is CCOC(=O)c1ccc(-c2cnc3ccc(-c4cnn(C(c5ccccc5)(c5ccccc5)c5ccccc5)c4)cn23)cc1F. The highest BCUT2D eigenvalue weighted by Gasteiger charge is 2.39. The summed E-state index contributed by atoms with van der Waals surface area (Å²) in [4.78, 5) is 16.7. The average Bonchev–Trinajstić information content (AvgIpc) is 3.75. The molecule has 0 bridgehead atoms. The molecule has 3 heterocycles. The molecule has 7 aromatic rings. The van der Waals surface area contributed by atoms with Gasteiger partial charge in [0, 0.05) is 29.1 Å². The molecule has 0 N–H and O–H groups in total. The van der Waals surface area contributed by atoms with E-state index in [1.54, 1.807) is 19.2 Å². The fourth-order valence-corrected chi connectivity index (χ4v) is 6.00. The van der Waals surface area contributed by atoms with E-state index in [1.807, 2.05) is 51.8 Å². The van der Waals surface area contributed by atoms with Crippen LogP contribution < -0.4 is 0 Å². The lowest BCUT2D eigenvalue weighted by molar-refractivity contribution is 0.0521. The molecule has 0 fully saturated rings. The molecule has 45 heavy (non-hydrogen) atoms. The molecule has 0 aliphatic rings.